The van der Waals surface area contributed by atoms with Crippen LogP contribution in [-0.4, -0.2) is 47.1 Å². The van der Waals surface area contributed by atoms with Gasteiger partial charge in [-0.2, -0.15) is 10.3 Å². The van der Waals surface area contributed by atoms with E-state index in [-0.39, 0.29) is 17.4 Å². The number of benzene rings is 1. The molecule has 0 amide bonds. The maximum atomic E-state index is 12.1. The van der Waals surface area contributed by atoms with E-state index in [1.54, 1.807) is 23.0 Å². The van der Waals surface area contributed by atoms with Crippen LogP contribution < -0.4 is 0 Å². The summed E-state index contributed by atoms with van der Waals surface area (Å²) >= 11 is 0. The predicted octanol–water partition coefficient (Wildman–Crippen LogP) is 1.43. The highest BCUT2D eigenvalue weighted by Crippen LogP contribution is 2.10. The van der Waals surface area contributed by atoms with Gasteiger partial charge >= 0.3 is 0 Å². The summed E-state index contributed by atoms with van der Waals surface area (Å²) in [6, 6.07) is 7.17. The van der Waals surface area contributed by atoms with Gasteiger partial charge in [-0.3, -0.25) is 14.3 Å². The van der Waals surface area contributed by atoms with Crippen LogP contribution in [-0.2, 0) is 6.54 Å². The molecule has 0 aliphatic heterocycles. The van der Waals surface area contributed by atoms with Crippen LogP contribution in [0, 0.1) is 0 Å². The third kappa shape index (κ3) is 3.83. The number of aliphatic hydroxyl groups excluding tert-OH is 1. The van der Waals surface area contributed by atoms with Crippen molar-refractivity contribution in [3.8, 4) is 0 Å². The van der Waals surface area contributed by atoms with Crippen LogP contribution in [0.4, 0.5) is 0 Å². The van der Waals surface area contributed by atoms with Crippen LogP contribution in [0.5, 0.6) is 0 Å². The molecule has 2 aromatic heterocycles. The molecule has 2 heterocycles. The van der Waals surface area contributed by atoms with Gasteiger partial charge in [0, 0.05) is 17.8 Å². The average molecular weight is 338 g/mol. The smallest absolute Gasteiger partial charge is 0.239 e. The van der Waals surface area contributed by atoms with Gasteiger partial charge in [-0.05, 0) is 17.7 Å². The molecule has 25 heavy (non-hydrogen) atoms. The summed E-state index contributed by atoms with van der Waals surface area (Å²) in [6.07, 6.45) is 3.99. The van der Waals surface area contributed by atoms with Gasteiger partial charge < -0.3 is 5.11 Å². The van der Waals surface area contributed by atoms with Crippen molar-refractivity contribution in [1.82, 2.24) is 30.4 Å². The first-order chi connectivity index (χ1) is 12.0. The molecule has 0 atom stereocenters. The van der Waals surface area contributed by atoms with E-state index >= 15 is 0 Å². The van der Waals surface area contributed by atoms with Gasteiger partial charge in [-0.15, -0.1) is 10.2 Å². The molecule has 0 aliphatic rings. The van der Waals surface area contributed by atoms with Crippen LogP contribution in [0.3, 0.4) is 0 Å². The standard InChI is InChI=1S/C16H14N6O3/c1-10(23)12-4-2-11(3-5-12)8-22-9-13(7-17-22)14(24)6-15(25)16-18-20-21-19-16/h2-7,9,25H,8H2,1H3,(H,18,19,20,21). The Balaban J connectivity index is 1.70. The highest BCUT2D eigenvalue weighted by Gasteiger charge is 2.11. The molecule has 0 unspecified atom stereocenters. The van der Waals surface area contributed by atoms with E-state index in [2.05, 4.69) is 25.7 Å². The highest BCUT2D eigenvalue weighted by molar-refractivity contribution is 6.07. The van der Waals surface area contributed by atoms with Crippen molar-refractivity contribution in [3.05, 3.63) is 65.2 Å². The Bertz CT molecular complexity index is 925. The van der Waals surface area contributed by atoms with E-state index in [0.717, 1.165) is 11.6 Å². The Kier molecular flexibility index (Phi) is 4.46. The molecule has 0 spiro atoms. The van der Waals surface area contributed by atoms with Crippen LogP contribution in [0.2, 0.25) is 0 Å². The fourth-order valence-electron chi connectivity index (χ4n) is 2.15. The number of nitrogens with one attached hydrogen (secondary N) is 1. The number of carbonyl (C=O) groups excluding carboxylic acids is 2. The van der Waals surface area contributed by atoms with E-state index in [9.17, 15) is 14.7 Å². The molecule has 0 aliphatic carbocycles. The maximum Gasteiger partial charge on any atom is 0.239 e. The van der Waals surface area contributed by atoms with E-state index in [0.29, 0.717) is 17.7 Å². The largest absolute Gasteiger partial charge is 0.504 e. The molecular formula is C16H14N6O3. The Labute approximate surface area is 142 Å². The second-order valence-corrected chi connectivity index (χ2v) is 5.31. The molecule has 2 N–H and O–H groups in total. The van der Waals surface area contributed by atoms with Crippen molar-refractivity contribution in [2.75, 3.05) is 0 Å². The van der Waals surface area contributed by atoms with Crippen molar-refractivity contribution in [2.24, 2.45) is 0 Å². The maximum absolute atomic E-state index is 12.1. The summed E-state index contributed by atoms with van der Waals surface area (Å²) in [4.78, 5) is 23.4. The van der Waals surface area contributed by atoms with Crippen molar-refractivity contribution >= 4 is 17.3 Å². The summed E-state index contributed by atoms with van der Waals surface area (Å²) in [5, 5.41) is 26.5. The number of tetrazole rings is 1. The Morgan fingerprint density at radius 3 is 2.64 bits per heavy atom. The molecule has 0 bridgehead atoms. The van der Waals surface area contributed by atoms with E-state index in [4.69, 9.17) is 0 Å². The van der Waals surface area contributed by atoms with Crippen molar-refractivity contribution in [3.63, 3.8) is 0 Å². The Hall–Kier alpha value is -3.62. The SMILES string of the molecule is CC(=O)c1ccc(Cn2cc(C(=O)C=C(O)c3nn[nH]n3)cn2)cc1. The normalized spacial score (nSPS) is 11.5. The first-order valence-electron chi connectivity index (χ1n) is 7.34. The fourth-order valence-corrected chi connectivity index (χ4v) is 2.15. The van der Waals surface area contributed by atoms with Gasteiger partial charge in [0.25, 0.3) is 0 Å². The lowest BCUT2D eigenvalue weighted by Crippen LogP contribution is -2.01. The molecule has 3 aromatic rings. The number of aromatic amines is 1. The first-order valence-corrected chi connectivity index (χ1v) is 7.34. The predicted molar refractivity (Wildman–Crippen MR) is 86.9 cm³/mol. The minimum absolute atomic E-state index is 0.00622. The zero-order valence-electron chi connectivity index (χ0n) is 13.2. The zero-order chi connectivity index (χ0) is 17.8. The third-order valence-corrected chi connectivity index (χ3v) is 3.47. The van der Waals surface area contributed by atoms with Crippen LogP contribution in [0.25, 0.3) is 5.76 Å². The third-order valence-electron chi connectivity index (χ3n) is 3.47. The molecule has 9 heteroatoms. The number of nitrogens with zero attached hydrogens (tertiary/aromatic N) is 5. The minimum Gasteiger partial charge on any atom is -0.504 e. The molecule has 0 radical (unpaired) electrons. The van der Waals surface area contributed by atoms with E-state index < -0.39 is 5.78 Å². The van der Waals surface area contributed by atoms with Gasteiger partial charge in [0.1, 0.15) is 0 Å². The number of aromatic nitrogens is 6. The van der Waals surface area contributed by atoms with Crippen molar-refractivity contribution < 1.29 is 14.7 Å². The lowest BCUT2D eigenvalue weighted by molar-refractivity contribution is 0.101. The van der Waals surface area contributed by atoms with E-state index in [1.807, 2.05) is 12.1 Å². The number of carbonyl (C=O) groups is 2. The number of hydrogen-bond donors (Lipinski definition) is 2. The summed E-state index contributed by atoms with van der Waals surface area (Å²) in [7, 11) is 0. The second kappa shape index (κ2) is 6.87. The Morgan fingerprint density at radius 1 is 1.24 bits per heavy atom. The molecule has 0 fully saturated rings. The molecule has 0 saturated heterocycles. The van der Waals surface area contributed by atoms with Gasteiger partial charge in [0.05, 0.1) is 18.3 Å². The molecule has 3 rings (SSSR count). The number of aliphatic hydroxyl groups is 1. The van der Waals surface area contributed by atoms with Gasteiger partial charge in [-0.1, -0.05) is 24.3 Å². The summed E-state index contributed by atoms with van der Waals surface area (Å²) < 4.78 is 1.59. The van der Waals surface area contributed by atoms with Gasteiger partial charge in [0.15, 0.2) is 17.3 Å². The summed E-state index contributed by atoms with van der Waals surface area (Å²) in [5.41, 5.74) is 1.90. The Morgan fingerprint density at radius 2 is 2.00 bits per heavy atom. The van der Waals surface area contributed by atoms with Crippen LogP contribution in [0.15, 0.2) is 42.7 Å². The quantitative estimate of drug-likeness (QED) is 0.395. The minimum atomic E-state index is -0.430. The fraction of sp³-hybridized carbons (Fsp3) is 0.125. The lowest BCUT2D eigenvalue weighted by atomic mass is 10.1. The number of Topliss-reactive ketones (excluding diaryl/α,β-unsaturated/α-hetero) is 1. The van der Waals surface area contributed by atoms with Gasteiger partial charge in [0.2, 0.25) is 5.82 Å². The first kappa shape index (κ1) is 16.2. The molecule has 126 valence electrons. The lowest BCUT2D eigenvalue weighted by Gasteiger charge is -2.02. The topological polar surface area (TPSA) is 127 Å². The highest BCUT2D eigenvalue weighted by atomic mass is 16.3. The average Bonchev–Trinajstić information content (AvgIpc) is 3.27. The van der Waals surface area contributed by atoms with E-state index in [1.165, 1.54) is 13.1 Å². The molecule has 9 nitrogen and oxygen atoms in total. The number of rotatable bonds is 6. The number of allylic oxidation sites excluding steroid dienone is 1. The van der Waals surface area contributed by atoms with Crippen LogP contribution >= 0.6 is 0 Å². The molecule has 1 aromatic carbocycles. The molecular weight excluding hydrogens is 324 g/mol. The summed E-state index contributed by atoms with van der Waals surface area (Å²) in [6.45, 7) is 1.96. The van der Waals surface area contributed by atoms with Crippen molar-refractivity contribution in [1.29, 1.82) is 0 Å². The monoisotopic (exact) mass is 338 g/mol. The zero-order valence-corrected chi connectivity index (χ0v) is 13.2. The van der Waals surface area contributed by atoms with Crippen LogP contribution in [0.1, 0.15) is 39.0 Å². The number of ketones is 2. The number of hydrogen-bond acceptors (Lipinski definition) is 7. The summed E-state index contributed by atoms with van der Waals surface area (Å²) in [5.74, 6) is -0.871. The number of H-pyrrole nitrogens is 1. The van der Waals surface area contributed by atoms with Gasteiger partial charge in [-0.25, -0.2) is 0 Å². The second-order valence-electron chi connectivity index (χ2n) is 5.31. The molecule has 0 saturated carbocycles. The van der Waals surface area contributed by atoms with Crippen molar-refractivity contribution in [2.45, 2.75) is 13.5 Å².